The molecule has 0 amide bonds. The fourth-order valence-electron chi connectivity index (χ4n) is 3.00. The van der Waals surface area contributed by atoms with Crippen LogP contribution in [-0.4, -0.2) is 28.4 Å². The van der Waals surface area contributed by atoms with Crippen LogP contribution in [0.5, 0.6) is 11.6 Å². The van der Waals surface area contributed by atoms with Gasteiger partial charge in [-0.2, -0.15) is 0 Å². The SMILES string of the molecule is CCCOc1cccc(-c2nc3c4c(OC)noc4ccc3n2C)c1. The van der Waals surface area contributed by atoms with E-state index in [0.717, 1.165) is 40.0 Å². The number of aromatic nitrogens is 3. The Morgan fingerprint density at radius 1 is 1.20 bits per heavy atom. The smallest absolute Gasteiger partial charge is 0.264 e. The highest BCUT2D eigenvalue weighted by atomic mass is 16.5. The van der Waals surface area contributed by atoms with Gasteiger partial charge in [-0.15, -0.1) is 0 Å². The van der Waals surface area contributed by atoms with Crippen LogP contribution in [0.1, 0.15) is 13.3 Å². The third-order valence-corrected chi connectivity index (χ3v) is 4.21. The molecule has 0 radical (unpaired) electrons. The predicted octanol–water partition coefficient (Wildman–Crippen LogP) is 4.18. The van der Waals surface area contributed by atoms with Crippen LogP contribution in [-0.2, 0) is 7.05 Å². The number of hydrogen-bond donors (Lipinski definition) is 0. The van der Waals surface area contributed by atoms with Crippen LogP contribution in [0.3, 0.4) is 0 Å². The minimum atomic E-state index is 0.449. The van der Waals surface area contributed by atoms with Crippen LogP contribution in [0.4, 0.5) is 0 Å². The number of hydrogen-bond acceptors (Lipinski definition) is 5. The van der Waals surface area contributed by atoms with E-state index in [4.69, 9.17) is 19.0 Å². The Morgan fingerprint density at radius 2 is 2.08 bits per heavy atom. The molecule has 0 fully saturated rings. The molecule has 0 bridgehead atoms. The molecule has 0 aliphatic heterocycles. The zero-order valence-electron chi connectivity index (χ0n) is 14.4. The summed E-state index contributed by atoms with van der Waals surface area (Å²) >= 11 is 0. The van der Waals surface area contributed by atoms with Gasteiger partial charge in [0.1, 0.15) is 22.5 Å². The first-order valence-electron chi connectivity index (χ1n) is 8.25. The van der Waals surface area contributed by atoms with Crippen LogP contribution in [0.2, 0.25) is 0 Å². The van der Waals surface area contributed by atoms with Crippen molar-refractivity contribution < 1.29 is 14.0 Å². The molecule has 0 aliphatic carbocycles. The maximum absolute atomic E-state index is 5.74. The summed E-state index contributed by atoms with van der Waals surface area (Å²) in [5.41, 5.74) is 3.46. The van der Waals surface area contributed by atoms with E-state index < -0.39 is 0 Å². The van der Waals surface area contributed by atoms with Gasteiger partial charge in [-0.05, 0) is 35.8 Å². The number of aryl methyl sites for hydroxylation is 1. The van der Waals surface area contributed by atoms with Gasteiger partial charge in [-0.25, -0.2) is 4.98 Å². The number of fused-ring (bicyclic) bond motifs is 3. The molecule has 4 rings (SSSR count). The summed E-state index contributed by atoms with van der Waals surface area (Å²) < 4.78 is 18.4. The summed E-state index contributed by atoms with van der Waals surface area (Å²) in [5.74, 6) is 2.15. The molecule has 128 valence electrons. The molecule has 6 nitrogen and oxygen atoms in total. The largest absolute Gasteiger partial charge is 0.494 e. The molecular weight excluding hydrogens is 318 g/mol. The van der Waals surface area contributed by atoms with Crippen LogP contribution in [0, 0.1) is 0 Å². The Labute approximate surface area is 145 Å². The molecule has 2 aromatic carbocycles. The summed E-state index contributed by atoms with van der Waals surface area (Å²) in [6, 6.07) is 11.9. The number of methoxy groups -OCH3 is 1. The zero-order valence-corrected chi connectivity index (χ0v) is 14.4. The van der Waals surface area contributed by atoms with Crippen molar-refractivity contribution in [3.05, 3.63) is 36.4 Å². The van der Waals surface area contributed by atoms with Gasteiger partial charge in [0, 0.05) is 12.6 Å². The third kappa shape index (κ3) is 2.50. The molecule has 4 aromatic rings. The lowest BCUT2D eigenvalue weighted by atomic mass is 10.2. The van der Waals surface area contributed by atoms with Crippen molar-refractivity contribution in [2.75, 3.05) is 13.7 Å². The summed E-state index contributed by atoms with van der Waals surface area (Å²) in [7, 11) is 3.57. The lowest BCUT2D eigenvalue weighted by Gasteiger charge is -2.07. The summed E-state index contributed by atoms with van der Waals surface area (Å²) in [6.07, 6.45) is 0.974. The highest BCUT2D eigenvalue weighted by Crippen LogP contribution is 2.34. The second kappa shape index (κ2) is 6.12. The van der Waals surface area contributed by atoms with Gasteiger partial charge in [0.25, 0.3) is 5.88 Å². The molecule has 0 saturated carbocycles. The Bertz CT molecular complexity index is 1050. The maximum Gasteiger partial charge on any atom is 0.264 e. The first-order chi connectivity index (χ1) is 12.2. The van der Waals surface area contributed by atoms with E-state index in [1.54, 1.807) is 7.11 Å². The summed E-state index contributed by atoms with van der Waals surface area (Å²) in [4.78, 5) is 4.84. The normalized spacial score (nSPS) is 11.3. The highest BCUT2D eigenvalue weighted by molar-refractivity contribution is 6.06. The fourth-order valence-corrected chi connectivity index (χ4v) is 3.00. The van der Waals surface area contributed by atoms with Crippen LogP contribution >= 0.6 is 0 Å². The van der Waals surface area contributed by atoms with Gasteiger partial charge in [0.2, 0.25) is 0 Å². The van der Waals surface area contributed by atoms with E-state index in [1.165, 1.54) is 0 Å². The molecule has 2 heterocycles. The molecule has 0 unspecified atom stereocenters. The van der Waals surface area contributed by atoms with E-state index in [1.807, 2.05) is 43.4 Å². The Balaban J connectivity index is 1.89. The average molecular weight is 337 g/mol. The van der Waals surface area contributed by atoms with Crippen molar-refractivity contribution >= 4 is 22.0 Å². The molecule has 2 aromatic heterocycles. The van der Waals surface area contributed by atoms with Crippen molar-refractivity contribution in [1.29, 1.82) is 0 Å². The number of imidazole rings is 1. The second-order valence-corrected chi connectivity index (χ2v) is 5.87. The van der Waals surface area contributed by atoms with Crippen LogP contribution in [0.25, 0.3) is 33.4 Å². The number of benzene rings is 2. The minimum Gasteiger partial charge on any atom is -0.494 e. The van der Waals surface area contributed by atoms with Gasteiger partial charge in [0.15, 0.2) is 5.58 Å². The number of nitrogens with zero attached hydrogens (tertiary/aromatic N) is 3. The second-order valence-electron chi connectivity index (χ2n) is 5.87. The zero-order chi connectivity index (χ0) is 17.4. The minimum absolute atomic E-state index is 0.449. The topological polar surface area (TPSA) is 62.3 Å². The quantitative estimate of drug-likeness (QED) is 0.547. The number of rotatable bonds is 5. The summed E-state index contributed by atoms with van der Waals surface area (Å²) in [5, 5.41) is 4.75. The average Bonchev–Trinajstić information content (AvgIpc) is 3.21. The van der Waals surface area contributed by atoms with Gasteiger partial charge >= 0.3 is 0 Å². The standard InChI is InChI=1S/C19H19N3O3/c1-4-10-24-13-7-5-6-12(11-13)18-20-17-14(22(18)2)8-9-15-16(17)19(23-3)21-25-15/h5-9,11H,4,10H2,1-3H3. The van der Waals surface area contributed by atoms with E-state index in [2.05, 4.69) is 16.6 Å². The lowest BCUT2D eigenvalue weighted by Crippen LogP contribution is -1.96. The van der Waals surface area contributed by atoms with E-state index in [9.17, 15) is 0 Å². The van der Waals surface area contributed by atoms with Gasteiger partial charge in [-0.1, -0.05) is 19.1 Å². The van der Waals surface area contributed by atoms with Crippen molar-refractivity contribution in [2.24, 2.45) is 7.05 Å². The van der Waals surface area contributed by atoms with Crippen molar-refractivity contribution in [3.8, 4) is 23.0 Å². The first-order valence-corrected chi connectivity index (χ1v) is 8.25. The lowest BCUT2D eigenvalue weighted by molar-refractivity contribution is 0.317. The fraction of sp³-hybridized carbons (Fsp3) is 0.263. The Kier molecular flexibility index (Phi) is 3.80. The highest BCUT2D eigenvalue weighted by Gasteiger charge is 2.18. The molecular formula is C19H19N3O3. The Hall–Kier alpha value is -3.02. The molecule has 0 spiro atoms. The predicted molar refractivity (Wildman–Crippen MR) is 96.1 cm³/mol. The van der Waals surface area contributed by atoms with Crippen molar-refractivity contribution in [1.82, 2.24) is 14.7 Å². The van der Waals surface area contributed by atoms with Gasteiger partial charge in [0.05, 0.1) is 19.2 Å². The van der Waals surface area contributed by atoms with Gasteiger partial charge < -0.3 is 18.6 Å². The molecule has 0 N–H and O–H groups in total. The monoisotopic (exact) mass is 337 g/mol. The van der Waals surface area contributed by atoms with Crippen molar-refractivity contribution in [2.45, 2.75) is 13.3 Å². The van der Waals surface area contributed by atoms with E-state index in [-0.39, 0.29) is 0 Å². The third-order valence-electron chi connectivity index (χ3n) is 4.21. The van der Waals surface area contributed by atoms with Crippen LogP contribution < -0.4 is 9.47 Å². The van der Waals surface area contributed by atoms with Crippen LogP contribution in [0.15, 0.2) is 40.9 Å². The maximum atomic E-state index is 5.74. The molecule has 0 atom stereocenters. The molecule has 25 heavy (non-hydrogen) atoms. The van der Waals surface area contributed by atoms with E-state index >= 15 is 0 Å². The Morgan fingerprint density at radius 3 is 2.88 bits per heavy atom. The molecule has 6 heteroatoms. The number of ether oxygens (including phenoxy) is 2. The first kappa shape index (κ1) is 15.5. The van der Waals surface area contributed by atoms with Crippen molar-refractivity contribution in [3.63, 3.8) is 0 Å². The molecule has 0 aliphatic rings. The molecule has 0 saturated heterocycles. The van der Waals surface area contributed by atoms with Gasteiger partial charge in [-0.3, -0.25) is 0 Å². The van der Waals surface area contributed by atoms with E-state index in [0.29, 0.717) is 18.1 Å². The summed E-state index contributed by atoms with van der Waals surface area (Å²) in [6.45, 7) is 2.79.